The van der Waals surface area contributed by atoms with Gasteiger partial charge in [0.05, 0.1) is 41.8 Å². The molecule has 1 heterocycles. The van der Waals surface area contributed by atoms with Crippen molar-refractivity contribution in [3.63, 3.8) is 0 Å². The van der Waals surface area contributed by atoms with Crippen molar-refractivity contribution in [1.82, 2.24) is 5.32 Å². The van der Waals surface area contributed by atoms with Crippen LogP contribution in [0.15, 0.2) is 18.2 Å². The third-order valence-electron chi connectivity index (χ3n) is 5.70. The molecule has 7 heteroatoms. The zero-order chi connectivity index (χ0) is 20.4. The second-order valence-electron chi connectivity index (χ2n) is 9.11. The lowest BCUT2D eigenvalue weighted by Crippen LogP contribution is -2.58. The monoisotopic (exact) mass is 409 g/mol. The molecule has 0 unspecified atom stereocenters. The predicted octanol–water partition coefficient (Wildman–Crippen LogP) is 3.88. The van der Waals surface area contributed by atoms with E-state index in [4.69, 9.17) is 16.3 Å². The molecule has 1 aromatic rings. The van der Waals surface area contributed by atoms with E-state index in [-0.39, 0.29) is 18.1 Å². The Balaban J connectivity index is 1.77. The predicted molar refractivity (Wildman–Crippen MR) is 113 cm³/mol. The van der Waals surface area contributed by atoms with E-state index in [0.29, 0.717) is 29.8 Å². The molecule has 156 valence electrons. The number of aliphatic hydroxyl groups is 1. The van der Waals surface area contributed by atoms with Gasteiger partial charge < -0.3 is 25.4 Å². The van der Waals surface area contributed by atoms with Gasteiger partial charge in [-0.25, -0.2) is 4.79 Å². The number of hydrogen-bond acceptors (Lipinski definition) is 4. The number of carbonyl (C=O) groups is 1. The van der Waals surface area contributed by atoms with Gasteiger partial charge in [-0.3, -0.25) is 0 Å². The Hall–Kier alpha value is -1.50. The van der Waals surface area contributed by atoms with Crippen LogP contribution in [0.2, 0.25) is 5.02 Å². The van der Waals surface area contributed by atoms with Crippen LogP contribution >= 0.6 is 11.6 Å². The molecular weight excluding hydrogens is 378 g/mol. The summed E-state index contributed by atoms with van der Waals surface area (Å²) in [6.07, 6.45) is 2.61. The molecule has 0 radical (unpaired) electrons. The van der Waals surface area contributed by atoms with Gasteiger partial charge in [0.15, 0.2) is 0 Å². The zero-order valence-corrected chi connectivity index (χ0v) is 17.8. The summed E-state index contributed by atoms with van der Waals surface area (Å²) in [5.41, 5.74) is 0.951. The van der Waals surface area contributed by atoms with Crippen molar-refractivity contribution < 1.29 is 14.6 Å². The number of benzene rings is 1. The summed E-state index contributed by atoms with van der Waals surface area (Å²) < 4.78 is 5.43. The quantitative estimate of drug-likeness (QED) is 0.705. The van der Waals surface area contributed by atoms with Crippen LogP contribution in [-0.4, -0.2) is 49.6 Å². The summed E-state index contributed by atoms with van der Waals surface area (Å²) in [6, 6.07) is 5.21. The summed E-state index contributed by atoms with van der Waals surface area (Å²) in [6.45, 7) is 9.23. The number of nitrogens with zero attached hydrogens (tertiary/aromatic N) is 1. The van der Waals surface area contributed by atoms with Crippen molar-refractivity contribution in [2.24, 2.45) is 11.3 Å². The van der Waals surface area contributed by atoms with Gasteiger partial charge >= 0.3 is 6.03 Å². The number of nitrogens with one attached hydrogen (secondary N) is 2. The minimum Gasteiger partial charge on any atom is -0.394 e. The van der Waals surface area contributed by atoms with Crippen LogP contribution in [0, 0.1) is 11.3 Å². The first-order valence-corrected chi connectivity index (χ1v) is 10.4. The number of rotatable bonds is 4. The lowest BCUT2D eigenvalue weighted by Gasteiger charge is -2.47. The average molecular weight is 410 g/mol. The maximum absolute atomic E-state index is 12.9. The van der Waals surface area contributed by atoms with Crippen molar-refractivity contribution in [3.8, 4) is 0 Å². The van der Waals surface area contributed by atoms with Crippen molar-refractivity contribution in [2.75, 3.05) is 43.1 Å². The molecule has 6 nitrogen and oxygen atoms in total. The SMILES string of the molecule is C[C@@H]1CC(C)(C)C[C@](CO)(NC(=O)Nc2cccc(Cl)c2N2CCOCC2)C1. The number of carbonyl (C=O) groups excluding carboxylic acids is 1. The van der Waals surface area contributed by atoms with Gasteiger partial charge in [0.1, 0.15) is 0 Å². The second kappa shape index (κ2) is 8.47. The smallest absolute Gasteiger partial charge is 0.319 e. The fourth-order valence-electron chi connectivity index (χ4n) is 5.12. The standard InChI is InChI=1S/C21H32ClN3O3/c1-15-11-20(2,3)13-21(12-15,14-26)24-19(27)23-17-6-4-5-16(22)18(17)25-7-9-28-10-8-25/h4-6,15,26H,7-14H2,1-3H3,(H2,23,24,27)/t15-,21-/m1/s1. The van der Waals surface area contributed by atoms with Gasteiger partial charge in [-0.05, 0) is 42.7 Å². The second-order valence-corrected chi connectivity index (χ2v) is 9.51. The molecule has 2 aliphatic rings. The van der Waals surface area contributed by atoms with Gasteiger partial charge in [-0.1, -0.05) is 38.4 Å². The highest BCUT2D eigenvalue weighted by atomic mass is 35.5. The lowest BCUT2D eigenvalue weighted by molar-refractivity contribution is 0.0446. The average Bonchev–Trinajstić information content (AvgIpc) is 2.60. The largest absolute Gasteiger partial charge is 0.394 e. The normalized spacial score (nSPS) is 27.3. The molecule has 1 aliphatic heterocycles. The molecule has 0 aromatic heterocycles. The topological polar surface area (TPSA) is 73.8 Å². The van der Waals surface area contributed by atoms with Crippen molar-refractivity contribution in [1.29, 1.82) is 0 Å². The third-order valence-corrected chi connectivity index (χ3v) is 6.01. The van der Waals surface area contributed by atoms with E-state index in [9.17, 15) is 9.90 Å². The van der Waals surface area contributed by atoms with Gasteiger partial charge in [0.25, 0.3) is 0 Å². The van der Waals surface area contributed by atoms with Crippen LogP contribution in [0.4, 0.5) is 16.2 Å². The fourth-order valence-corrected chi connectivity index (χ4v) is 5.41. The Morgan fingerprint density at radius 2 is 2.04 bits per heavy atom. The Bertz CT molecular complexity index is 706. The molecule has 2 fully saturated rings. The molecular formula is C21H32ClN3O3. The fraction of sp³-hybridized carbons (Fsp3) is 0.667. The number of aliphatic hydroxyl groups excluding tert-OH is 1. The van der Waals surface area contributed by atoms with Crippen LogP contribution in [0.25, 0.3) is 0 Å². The van der Waals surface area contributed by atoms with E-state index in [1.165, 1.54) is 0 Å². The Labute approximate surface area is 172 Å². The molecule has 0 spiro atoms. The van der Waals surface area contributed by atoms with E-state index >= 15 is 0 Å². The number of para-hydroxylation sites is 1. The summed E-state index contributed by atoms with van der Waals surface area (Å²) in [5.74, 6) is 0.436. The first-order valence-electron chi connectivity index (χ1n) is 10.0. The van der Waals surface area contributed by atoms with Gasteiger partial charge in [-0.15, -0.1) is 0 Å². The number of halogens is 1. The zero-order valence-electron chi connectivity index (χ0n) is 17.1. The summed E-state index contributed by atoms with van der Waals surface area (Å²) in [7, 11) is 0. The highest BCUT2D eigenvalue weighted by Crippen LogP contribution is 2.44. The molecule has 28 heavy (non-hydrogen) atoms. The van der Waals surface area contributed by atoms with Crippen molar-refractivity contribution >= 4 is 29.0 Å². The van der Waals surface area contributed by atoms with Gasteiger partial charge in [-0.2, -0.15) is 0 Å². The number of ether oxygens (including phenoxy) is 1. The van der Waals surface area contributed by atoms with E-state index < -0.39 is 5.54 Å². The maximum atomic E-state index is 12.9. The number of anilines is 2. The Morgan fingerprint density at radius 1 is 1.32 bits per heavy atom. The van der Waals surface area contributed by atoms with Crippen LogP contribution in [0.3, 0.4) is 0 Å². The lowest BCUT2D eigenvalue weighted by atomic mass is 9.64. The molecule has 2 atom stereocenters. The number of morpholine rings is 1. The molecule has 1 saturated carbocycles. The minimum absolute atomic E-state index is 0.0694. The molecule has 2 amide bonds. The van der Waals surface area contributed by atoms with Crippen molar-refractivity contribution in [3.05, 3.63) is 23.2 Å². The van der Waals surface area contributed by atoms with Crippen LogP contribution in [0.5, 0.6) is 0 Å². The van der Waals surface area contributed by atoms with Gasteiger partial charge in [0.2, 0.25) is 0 Å². The van der Waals surface area contributed by atoms with Crippen LogP contribution < -0.4 is 15.5 Å². The Morgan fingerprint density at radius 3 is 2.68 bits per heavy atom. The summed E-state index contributed by atoms with van der Waals surface area (Å²) >= 11 is 6.46. The summed E-state index contributed by atoms with van der Waals surface area (Å²) in [5, 5.41) is 16.8. The molecule has 1 aromatic carbocycles. The van der Waals surface area contributed by atoms with Crippen LogP contribution in [0.1, 0.15) is 40.0 Å². The molecule has 3 rings (SSSR count). The van der Waals surface area contributed by atoms with E-state index in [0.717, 1.165) is 38.0 Å². The first-order chi connectivity index (χ1) is 13.2. The molecule has 3 N–H and O–H groups in total. The molecule has 1 saturated heterocycles. The number of urea groups is 1. The highest BCUT2D eigenvalue weighted by Gasteiger charge is 2.43. The number of amides is 2. The van der Waals surface area contributed by atoms with Crippen molar-refractivity contribution in [2.45, 2.75) is 45.6 Å². The van der Waals surface area contributed by atoms with Crippen LogP contribution in [-0.2, 0) is 4.74 Å². The van der Waals surface area contributed by atoms with E-state index in [1.54, 1.807) is 0 Å². The first kappa shape index (κ1) is 21.2. The minimum atomic E-state index is -0.608. The molecule has 1 aliphatic carbocycles. The third kappa shape index (κ3) is 4.91. The highest BCUT2D eigenvalue weighted by molar-refractivity contribution is 6.34. The van der Waals surface area contributed by atoms with E-state index in [2.05, 4.69) is 36.3 Å². The summed E-state index contributed by atoms with van der Waals surface area (Å²) in [4.78, 5) is 15.0. The number of hydrogen-bond donors (Lipinski definition) is 3. The Kier molecular flexibility index (Phi) is 6.42. The molecule has 0 bridgehead atoms. The van der Waals surface area contributed by atoms with Gasteiger partial charge in [0, 0.05) is 13.1 Å². The maximum Gasteiger partial charge on any atom is 0.319 e. The van der Waals surface area contributed by atoms with E-state index in [1.807, 2.05) is 18.2 Å².